The standard InChI is InChI=1S/C20H13Cl2FN2O5S/c1-30-19(28)12-7-10(5-6-14(12)22)24-17(26)9-25-18(27)16(31-20(25)29)8-11-13(21)3-2-4-15(11)23/h2-8H,9H2,1H3,(H,24,26)/b16-8-. The number of nitrogens with zero attached hydrogens (tertiary/aromatic N) is 1. The van der Waals surface area contributed by atoms with Gasteiger partial charge in [0, 0.05) is 11.3 Å². The van der Waals surface area contributed by atoms with Gasteiger partial charge < -0.3 is 10.1 Å². The summed E-state index contributed by atoms with van der Waals surface area (Å²) in [6, 6.07) is 8.17. The molecular formula is C20H13Cl2FN2O5S. The van der Waals surface area contributed by atoms with Gasteiger partial charge in [-0.2, -0.15) is 0 Å². The van der Waals surface area contributed by atoms with Crippen LogP contribution in [0.2, 0.25) is 10.0 Å². The number of hydrogen-bond acceptors (Lipinski definition) is 6. The molecule has 1 aliphatic rings. The summed E-state index contributed by atoms with van der Waals surface area (Å²) in [5.41, 5.74) is 0.226. The van der Waals surface area contributed by atoms with Crippen molar-refractivity contribution in [3.8, 4) is 0 Å². The fourth-order valence-corrected chi connectivity index (χ4v) is 3.86. The number of halogens is 3. The number of carbonyl (C=O) groups is 4. The summed E-state index contributed by atoms with van der Waals surface area (Å²) in [7, 11) is 1.19. The number of carbonyl (C=O) groups excluding carboxylic acids is 4. The van der Waals surface area contributed by atoms with E-state index >= 15 is 0 Å². The fourth-order valence-electron chi connectivity index (χ4n) is 2.63. The lowest BCUT2D eigenvalue weighted by Gasteiger charge is -2.13. The fraction of sp³-hybridized carbons (Fsp3) is 0.100. The van der Waals surface area contributed by atoms with Crippen molar-refractivity contribution in [1.29, 1.82) is 0 Å². The lowest BCUT2D eigenvalue weighted by atomic mass is 10.2. The summed E-state index contributed by atoms with van der Waals surface area (Å²) < 4.78 is 18.6. The molecule has 0 atom stereocenters. The van der Waals surface area contributed by atoms with Crippen LogP contribution in [0.1, 0.15) is 15.9 Å². The average molecular weight is 483 g/mol. The number of anilines is 1. The normalized spacial score (nSPS) is 14.8. The van der Waals surface area contributed by atoms with Crippen LogP contribution < -0.4 is 5.32 Å². The van der Waals surface area contributed by atoms with Crippen LogP contribution in [0.25, 0.3) is 6.08 Å². The van der Waals surface area contributed by atoms with Crippen LogP contribution >= 0.6 is 35.0 Å². The van der Waals surface area contributed by atoms with Gasteiger partial charge in [-0.3, -0.25) is 19.3 Å². The highest BCUT2D eigenvalue weighted by atomic mass is 35.5. The highest BCUT2D eigenvalue weighted by Gasteiger charge is 2.36. The molecule has 0 aliphatic carbocycles. The molecule has 1 fully saturated rings. The van der Waals surface area contributed by atoms with Gasteiger partial charge in [-0.25, -0.2) is 9.18 Å². The van der Waals surface area contributed by atoms with Crippen molar-refractivity contribution >= 4 is 69.8 Å². The predicted octanol–water partition coefficient (Wildman–Crippen LogP) is 4.59. The molecule has 0 unspecified atom stereocenters. The zero-order valence-corrected chi connectivity index (χ0v) is 18.1. The van der Waals surface area contributed by atoms with E-state index in [1.807, 2.05) is 0 Å². The smallest absolute Gasteiger partial charge is 0.339 e. The third-order valence-electron chi connectivity index (χ3n) is 4.11. The van der Waals surface area contributed by atoms with E-state index in [4.69, 9.17) is 23.2 Å². The molecule has 0 spiro atoms. The number of hydrogen-bond donors (Lipinski definition) is 1. The van der Waals surface area contributed by atoms with E-state index in [9.17, 15) is 23.6 Å². The van der Waals surface area contributed by atoms with Gasteiger partial charge in [0.1, 0.15) is 12.4 Å². The molecule has 31 heavy (non-hydrogen) atoms. The molecule has 11 heteroatoms. The van der Waals surface area contributed by atoms with E-state index < -0.39 is 35.4 Å². The van der Waals surface area contributed by atoms with Gasteiger partial charge in [0.05, 0.1) is 27.6 Å². The Labute approximate surface area is 190 Å². The zero-order chi connectivity index (χ0) is 22.7. The molecule has 1 aliphatic heterocycles. The zero-order valence-electron chi connectivity index (χ0n) is 15.8. The molecule has 2 aromatic carbocycles. The Hall–Kier alpha value is -2.88. The second-order valence-electron chi connectivity index (χ2n) is 6.14. The molecule has 1 saturated heterocycles. The number of imide groups is 1. The summed E-state index contributed by atoms with van der Waals surface area (Å²) >= 11 is 12.4. The van der Waals surface area contributed by atoms with E-state index in [0.29, 0.717) is 11.8 Å². The molecule has 1 N–H and O–H groups in total. The van der Waals surface area contributed by atoms with E-state index in [1.54, 1.807) is 0 Å². The Morgan fingerprint density at radius 2 is 1.94 bits per heavy atom. The van der Waals surface area contributed by atoms with E-state index in [-0.39, 0.29) is 31.8 Å². The molecule has 160 valence electrons. The molecule has 3 amide bonds. The molecule has 0 aromatic heterocycles. The number of benzene rings is 2. The van der Waals surface area contributed by atoms with Crippen molar-refractivity contribution < 1.29 is 28.3 Å². The summed E-state index contributed by atoms with van der Waals surface area (Å²) in [5, 5.41) is 2.00. The molecule has 0 saturated carbocycles. The minimum atomic E-state index is -0.754. The number of methoxy groups -OCH3 is 1. The topological polar surface area (TPSA) is 92.8 Å². The van der Waals surface area contributed by atoms with Gasteiger partial charge in [0.25, 0.3) is 11.1 Å². The third kappa shape index (κ3) is 5.07. The maximum Gasteiger partial charge on any atom is 0.339 e. The minimum absolute atomic E-state index is 0.0318. The van der Waals surface area contributed by atoms with Crippen LogP contribution in [0.5, 0.6) is 0 Å². The summed E-state index contributed by atoms with van der Waals surface area (Å²) in [6.45, 7) is -0.580. The Morgan fingerprint density at radius 1 is 1.19 bits per heavy atom. The number of thioether (sulfide) groups is 1. The lowest BCUT2D eigenvalue weighted by Crippen LogP contribution is -2.36. The second-order valence-corrected chi connectivity index (χ2v) is 7.95. The summed E-state index contributed by atoms with van der Waals surface area (Å²) in [4.78, 5) is 49.5. The van der Waals surface area contributed by atoms with E-state index in [2.05, 4.69) is 10.1 Å². The van der Waals surface area contributed by atoms with Crippen LogP contribution in [0.15, 0.2) is 41.3 Å². The third-order valence-corrected chi connectivity index (χ3v) is 5.67. The molecule has 3 rings (SSSR count). The Kier molecular flexibility index (Phi) is 6.99. The molecular weight excluding hydrogens is 470 g/mol. The SMILES string of the molecule is COC(=O)c1cc(NC(=O)CN2C(=O)S/C(=C\c3c(F)cccc3Cl)C2=O)ccc1Cl. The van der Waals surface area contributed by atoms with Gasteiger partial charge in [-0.05, 0) is 48.2 Å². The van der Waals surface area contributed by atoms with Crippen molar-refractivity contribution in [3.05, 3.63) is 68.3 Å². The molecule has 2 aromatic rings. The van der Waals surface area contributed by atoms with Crippen molar-refractivity contribution in [2.24, 2.45) is 0 Å². The quantitative estimate of drug-likeness (QED) is 0.494. The van der Waals surface area contributed by atoms with Crippen LogP contribution in [-0.4, -0.2) is 41.6 Å². The van der Waals surface area contributed by atoms with Crippen LogP contribution in [0.3, 0.4) is 0 Å². The maximum absolute atomic E-state index is 14.0. The first-order chi connectivity index (χ1) is 14.7. The molecule has 1 heterocycles. The molecule has 7 nitrogen and oxygen atoms in total. The van der Waals surface area contributed by atoms with E-state index in [1.165, 1.54) is 49.6 Å². The van der Waals surface area contributed by atoms with Gasteiger partial charge in [-0.15, -0.1) is 0 Å². The highest BCUT2D eigenvalue weighted by Crippen LogP contribution is 2.34. The maximum atomic E-state index is 14.0. The van der Waals surface area contributed by atoms with Gasteiger partial charge >= 0.3 is 5.97 Å². The first kappa shape index (κ1) is 22.8. The summed E-state index contributed by atoms with van der Waals surface area (Å²) in [6.07, 6.45) is 1.17. The van der Waals surface area contributed by atoms with Crippen LogP contribution in [0.4, 0.5) is 14.9 Å². The average Bonchev–Trinajstić information content (AvgIpc) is 2.99. The number of amides is 3. The first-order valence-corrected chi connectivity index (χ1v) is 10.2. The van der Waals surface area contributed by atoms with Gasteiger partial charge in [0.15, 0.2) is 0 Å². The lowest BCUT2D eigenvalue weighted by molar-refractivity contribution is -0.127. The Morgan fingerprint density at radius 3 is 2.61 bits per heavy atom. The number of esters is 1. The van der Waals surface area contributed by atoms with Crippen LogP contribution in [-0.2, 0) is 14.3 Å². The number of nitrogens with one attached hydrogen (secondary N) is 1. The van der Waals surface area contributed by atoms with Gasteiger partial charge in [-0.1, -0.05) is 29.3 Å². The van der Waals surface area contributed by atoms with Crippen molar-refractivity contribution in [2.45, 2.75) is 0 Å². The van der Waals surface area contributed by atoms with Crippen molar-refractivity contribution in [3.63, 3.8) is 0 Å². The Balaban J connectivity index is 1.74. The van der Waals surface area contributed by atoms with Gasteiger partial charge in [0.2, 0.25) is 5.91 Å². The highest BCUT2D eigenvalue weighted by molar-refractivity contribution is 8.18. The largest absolute Gasteiger partial charge is 0.465 e. The monoisotopic (exact) mass is 482 g/mol. The summed E-state index contributed by atoms with van der Waals surface area (Å²) in [5.74, 6) is -2.79. The van der Waals surface area contributed by atoms with Crippen molar-refractivity contribution in [2.75, 3.05) is 19.0 Å². The van der Waals surface area contributed by atoms with Crippen molar-refractivity contribution in [1.82, 2.24) is 4.90 Å². The molecule has 0 radical (unpaired) electrons. The molecule has 0 bridgehead atoms. The van der Waals surface area contributed by atoms with Crippen LogP contribution in [0, 0.1) is 5.82 Å². The van der Waals surface area contributed by atoms with E-state index in [0.717, 1.165) is 4.90 Å². The predicted molar refractivity (Wildman–Crippen MR) is 116 cm³/mol. The Bertz CT molecular complexity index is 1120. The minimum Gasteiger partial charge on any atom is -0.465 e. The second kappa shape index (κ2) is 9.51. The number of ether oxygens (including phenoxy) is 1. The number of rotatable bonds is 5. The first-order valence-electron chi connectivity index (χ1n) is 8.58.